The number of halogens is 1. The number of esters is 1. The van der Waals surface area contributed by atoms with E-state index in [0.717, 1.165) is 32.4 Å². The van der Waals surface area contributed by atoms with Crippen molar-refractivity contribution in [3.05, 3.63) is 0 Å². The van der Waals surface area contributed by atoms with Crippen LogP contribution < -0.4 is 10.6 Å². The molecule has 1 rings (SSSR count). The molecule has 0 spiro atoms. The molecule has 0 aromatic heterocycles. The van der Waals surface area contributed by atoms with E-state index in [1.54, 1.807) is 6.92 Å². The molecule has 6 heteroatoms. The number of ether oxygens (including phenoxy) is 1. The van der Waals surface area contributed by atoms with Gasteiger partial charge in [-0.2, -0.15) is 0 Å². The van der Waals surface area contributed by atoms with E-state index in [4.69, 9.17) is 4.74 Å². The van der Waals surface area contributed by atoms with Gasteiger partial charge in [-0.15, -0.1) is 12.4 Å². The van der Waals surface area contributed by atoms with E-state index in [2.05, 4.69) is 17.6 Å². The molecule has 1 aliphatic rings. The van der Waals surface area contributed by atoms with Gasteiger partial charge in [-0.05, 0) is 50.6 Å². The van der Waals surface area contributed by atoms with E-state index < -0.39 is 6.04 Å². The van der Waals surface area contributed by atoms with Crippen LogP contribution in [0.4, 0.5) is 0 Å². The number of hydrogen-bond acceptors (Lipinski definition) is 4. The van der Waals surface area contributed by atoms with Crippen LogP contribution in [-0.2, 0) is 14.3 Å². The zero-order valence-corrected chi connectivity index (χ0v) is 15.7. The molecule has 0 saturated carbocycles. The molecule has 1 saturated heterocycles. The van der Waals surface area contributed by atoms with E-state index in [0.29, 0.717) is 24.9 Å². The molecule has 1 amide bonds. The molecular weight excluding hydrogens is 316 g/mol. The van der Waals surface area contributed by atoms with Gasteiger partial charge in [0.25, 0.3) is 0 Å². The predicted molar refractivity (Wildman–Crippen MR) is 94.6 cm³/mol. The van der Waals surface area contributed by atoms with Gasteiger partial charge in [-0.1, -0.05) is 27.2 Å². The van der Waals surface area contributed by atoms with Crippen molar-refractivity contribution < 1.29 is 14.3 Å². The van der Waals surface area contributed by atoms with Crippen molar-refractivity contribution in [1.29, 1.82) is 0 Å². The van der Waals surface area contributed by atoms with Crippen LogP contribution in [0.5, 0.6) is 0 Å². The van der Waals surface area contributed by atoms with Crippen LogP contribution in [0.15, 0.2) is 0 Å². The van der Waals surface area contributed by atoms with Gasteiger partial charge in [0, 0.05) is 6.42 Å². The Morgan fingerprint density at radius 3 is 2.35 bits per heavy atom. The van der Waals surface area contributed by atoms with Crippen molar-refractivity contribution in [2.45, 2.75) is 59.4 Å². The van der Waals surface area contributed by atoms with Crippen LogP contribution in [-0.4, -0.2) is 37.6 Å². The highest BCUT2D eigenvalue weighted by atomic mass is 35.5. The second kappa shape index (κ2) is 11.7. The minimum Gasteiger partial charge on any atom is -0.464 e. The van der Waals surface area contributed by atoms with Gasteiger partial charge in [-0.3, -0.25) is 4.79 Å². The lowest BCUT2D eigenvalue weighted by molar-refractivity contribution is -0.149. The highest BCUT2D eigenvalue weighted by Gasteiger charge is 2.28. The van der Waals surface area contributed by atoms with Crippen LogP contribution >= 0.6 is 12.4 Å². The molecule has 0 aromatic carbocycles. The number of carbonyl (C=O) groups is 2. The maximum Gasteiger partial charge on any atom is 0.328 e. The standard InChI is InChI=1S/C17H32N2O3.ClH/c1-5-12(3)16(17(21)22-6-2)19-15(20)11-13(4)14-7-9-18-10-8-14;/h12-14,16,18H,5-11H2,1-4H3,(H,19,20);1H. The molecule has 3 atom stereocenters. The fourth-order valence-electron chi connectivity index (χ4n) is 3.01. The van der Waals surface area contributed by atoms with Gasteiger partial charge in [0.15, 0.2) is 0 Å². The average Bonchev–Trinajstić information content (AvgIpc) is 2.52. The van der Waals surface area contributed by atoms with Crippen molar-refractivity contribution in [2.75, 3.05) is 19.7 Å². The van der Waals surface area contributed by atoms with E-state index in [1.807, 2.05) is 13.8 Å². The van der Waals surface area contributed by atoms with Crippen molar-refractivity contribution in [2.24, 2.45) is 17.8 Å². The largest absolute Gasteiger partial charge is 0.464 e. The zero-order valence-electron chi connectivity index (χ0n) is 14.9. The third kappa shape index (κ3) is 7.53. The van der Waals surface area contributed by atoms with Crippen LogP contribution in [0.1, 0.15) is 53.4 Å². The second-order valence-electron chi connectivity index (χ2n) is 6.45. The summed E-state index contributed by atoms with van der Waals surface area (Å²) in [5.41, 5.74) is 0. The molecule has 1 fully saturated rings. The molecule has 5 nitrogen and oxygen atoms in total. The molecule has 0 bridgehead atoms. The number of carbonyl (C=O) groups excluding carboxylic acids is 2. The first-order valence-electron chi connectivity index (χ1n) is 8.66. The van der Waals surface area contributed by atoms with Gasteiger partial charge in [0.2, 0.25) is 5.91 Å². The van der Waals surface area contributed by atoms with Crippen molar-refractivity contribution in [3.63, 3.8) is 0 Å². The molecule has 136 valence electrons. The summed E-state index contributed by atoms with van der Waals surface area (Å²) in [6.45, 7) is 10.3. The first kappa shape index (κ1) is 22.2. The molecule has 0 aromatic rings. The number of piperidine rings is 1. The Kier molecular flexibility index (Phi) is 11.3. The summed E-state index contributed by atoms with van der Waals surface area (Å²) in [6, 6.07) is -0.530. The molecule has 1 heterocycles. The maximum absolute atomic E-state index is 12.3. The van der Waals surface area contributed by atoms with Crippen LogP contribution in [0.3, 0.4) is 0 Å². The Balaban J connectivity index is 0.00000484. The van der Waals surface area contributed by atoms with E-state index >= 15 is 0 Å². The molecular formula is C17H33ClN2O3. The lowest BCUT2D eigenvalue weighted by Crippen LogP contribution is -2.46. The lowest BCUT2D eigenvalue weighted by Gasteiger charge is -2.29. The third-order valence-electron chi connectivity index (χ3n) is 4.77. The summed E-state index contributed by atoms with van der Waals surface area (Å²) >= 11 is 0. The summed E-state index contributed by atoms with van der Waals surface area (Å²) in [7, 11) is 0. The second-order valence-corrected chi connectivity index (χ2v) is 6.45. The zero-order chi connectivity index (χ0) is 16.5. The van der Waals surface area contributed by atoms with Gasteiger partial charge in [-0.25, -0.2) is 4.79 Å². The fourth-order valence-corrected chi connectivity index (χ4v) is 3.01. The third-order valence-corrected chi connectivity index (χ3v) is 4.77. The van der Waals surface area contributed by atoms with E-state index in [1.165, 1.54) is 0 Å². The van der Waals surface area contributed by atoms with Crippen LogP contribution in [0.25, 0.3) is 0 Å². The van der Waals surface area contributed by atoms with Gasteiger partial charge >= 0.3 is 5.97 Å². The minimum absolute atomic E-state index is 0. The Hall–Kier alpha value is -0.810. The molecule has 0 aliphatic carbocycles. The smallest absolute Gasteiger partial charge is 0.328 e. The monoisotopic (exact) mass is 348 g/mol. The summed E-state index contributed by atoms with van der Waals surface area (Å²) in [5, 5.41) is 6.24. The quantitative estimate of drug-likeness (QED) is 0.661. The first-order chi connectivity index (χ1) is 10.5. The van der Waals surface area contributed by atoms with Gasteiger partial charge < -0.3 is 15.4 Å². The Morgan fingerprint density at radius 2 is 1.83 bits per heavy atom. The number of rotatable bonds is 8. The Labute approximate surface area is 146 Å². The molecule has 2 N–H and O–H groups in total. The number of amides is 1. The molecule has 0 radical (unpaired) electrons. The highest BCUT2D eigenvalue weighted by Crippen LogP contribution is 2.24. The van der Waals surface area contributed by atoms with Crippen LogP contribution in [0, 0.1) is 17.8 Å². The molecule has 3 unspecified atom stereocenters. The SMILES string of the molecule is CCOC(=O)C(NC(=O)CC(C)C1CCNCC1)C(C)CC.Cl. The Morgan fingerprint density at radius 1 is 1.22 bits per heavy atom. The maximum atomic E-state index is 12.3. The predicted octanol–water partition coefficient (Wildman–Crippen LogP) is 2.53. The summed E-state index contributed by atoms with van der Waals surface area (Å²) < 4.78 is 5.09. The Bertz CT molecular complexity index is 360. The molecule has 1 aliphatic heterocycles. The normalized spacial score (nSPS) is 19.1. The average molecular weight is 349 g/mol. The minimum atomic E-state index is -0.530. The number of hydrogen-bond donors (Lipinski definition) is 2. The van der Waals surface area contributed by atoms with Crippen molar-refractivity contribution in [3.8, 4) is 0 Å². The summed E-state index contributed by atoms with van der Waals surface area (Å²) in [5.74, 6) is 0.666. The first-order valence-corrected chi connectivity index (χ1v) is 8.66. The van der Waals surface area contributed by atoms with Crippen molar-refractivity contribution >= 4 is 24.3 Å². The topological polar surface area (TPSA) is 67.4 Å². The summed E-state index contributed by atoms with van der Waals surface area (Å²) in [4.78, 5) is 24.3. The lowest BCUT2D eigenvalue weighted by atomic mass is 9.84. The van der Waals surface area contributed by atoms with Gasteiger partial charge in [0.1, 0.15) is 6.04 Å². The van der Waals surface area contributed by atoms with E-state index in [-0.39, 0.29) is 30.2 Å². The van der Waals surface area contributed by atoms with Crippen molar-refractivity contribution in [1.82, 2.24) is 10.6 Å². The molecule has 23 heavy (non-hydrogen) atoms. The van der Waals surface area contributed by atoms with Crippen LogP contribution in [0.2, 0.25) is 0 Å². The summed E-state index contributed by atoms with van der Waals surface area (Å²) in [6.07, 6.45) is 3.56. The fraction of sp³-hybridized carbons (Fsp3) is 0.882. The van der Waals surface area contributed by atoms with E-state index in [9.17, 15) is 9.59 Å². The highest BCUT2D eigenvalue weighted by molar-refractivity contribution is 5.85. The number of nitrogens with one attached hydrogen (secondary N) is 2. The van der Waals surface area contributed by atoms with Gasteiger partial charge in [0.05, 0.1) is 6.61 Å².